The van der Waals surface area contributed by atoms with E-state index in [-0.39, 0.29) is 0 Å². The molecule has 1 aromatic rings. The summed E-state index contributed by atoms with van der Waals surface area (Å²) in [6.07, 6.45) is 1.74. The maximum atomic E-state index is 5.79. The Labute approximate surface area is 88.0 Å². The Morgan fingerprint density at radius 2 is 2.43 bits per heavy atom. The first kappa shape index (κ1) is 10.9. The van der Waals surface area contributed by atoms with Gasteiger partial charge in [0.2, 0.25) is 0 Å². The van der Waals surface area contributed by atoms with Gasteiger partial charge >= 0.3 is 0 Å². The third kappa shape index (κ3) is 3.32. The molecule has 0 aromatic carbocycles. The van der Waals surface area contributed by atoms with E-state index in [0.29, 0.717) is 29.9 Å². The van der Waals surface area contributed by atoms with Gasteiger partial charge in [0.15, 0.2) is 5.82 Å². The average Bonchev–Trinajstić information content (AvgIpc) is 2.14. The maximum absolute atomic E-state index is 5.79. The molecule has 0 saturated carbocycles. The van der Waals surface area contributed by atoms with Gasteiger partial charge in [0.05, 0.1) is 0 Å². The fourth-order valence-electron chi connectivity index (χ4n) is 0.926. The lowest BCUT2D eigenvalue weighted by Crippen LogP contribution is -2.04. The van der Waals surface area contributed by atoms with E-state index < -0.39 is 0 Å². The second-order valence-electron chi connectivity index (χ2n) is 2.59. The molecule has 1 rings (SSSR count). The topological polar surface area (TPSA) is 47.0 Å². The maximum Gasteiger partial charge on any atom is 0.158 e. The van der Waals surface area contributed by atoms with E-state index in [0.717, 1.165) is 0 Å². The standard InChI is InChI=1S/C9H12ClN3O/c1-3-4-11-8-5-7(10)12-9(13-8)6-14-2/h3,5H,1,4,6H2,2H3,(H,11,12,13). The Morgan fingerprint density at radius 3 is 3.07 bits per heavy atom. The van der Waals surface area contributed by atoms with E-state index >= 15 is 0 Å². The van der Waals surface area contributed by atoms with Crippen molar-refractivity contribution in [1.29, 1.82) is 0 Å². The largest absolute Gasteiger partial charge is 0.377 e. The SMILES string of the molecule is C=CCNc1cc(Cl)nc(COC)n1. The van der Waals surface area contributed by atoms with Crippen molar-refractivity contribution in [3.63, 3.8) is 0 Å². The predicted molar refractivity (Wildman–Crippen MR) is 56.4 cm³/mol. The summed E-state index contributed by atoms with van der Waals surface area (Å²) in [5.74, 6) is 1.24. The number of aromatic nitrogens is 2. The van der Waals surface area contributed by atoms with Gasteiger partial charge in [-0.2, -0.15) is 0 Å². The number of halogens is 1. The first-order chi connectivity index (χ1) is 6.76. The highest BCUT2D eigenvalue weighted by molar-refractivity contribution is 6.29. The summed E-state index contributed by atoms with van der Waals surface area (Å²) in [6.45, 7) is 4.58. The van der Waals surface area contributed by atoms with Crippen LogP contribution in [0.3, 0.4) is 0 Å². The van der Waals surface area contributed by atoms with Crippen LogP contribution in [0.1, 0.15) is 5.82 Å². The molecule has 1 heterocycles. The van der Waals surface area contributed by atoms with Crippen LogP contribution in [0, 0.1) is 0 Å². The number of nitrogens with one attached hydrogen (secondary N) is 1. The molecule has 5 heteroatoms. The highest BCUT2D eigenvalue weighted by atomic mass is 35.5. The van der Waals surface area contributed by atoms with Gasteiger partial charge in [-0.05, 0) is 0 Å². The van der Waals surface area contributed by atoms with E-state index in [9.17, 15) is 0 Å². The van der Waals surface area contributed by atoms with E-state index in [4.69, 9.17) is 16.3 Å². The summed E-state index contributed by atoms with van der Waals surface area (Å²) < 4.78 is 4.91. The molecule has 0 aliphatic heterocycles. The van der Waals surface area contributed by atoms with Crippen molar-refractivity contribution in [2.45, 2.75) is 6.61 Å². The van der Waals surface area contributed by atoms with Crippen LogP contribution in [0.15, 0.2) is 18.7 Å². The zero-order valence-corrected chi connectivity index (χ0v) is 8.71. The molecular formula is C9H12ClN3O. The van der Waals surface area contributed by atoms with Crippen LogP contribution >= 0.6 is 11.6 Å². The van der Waals surface area contributed by atoms with E-state index in [1.807, 2.05) is 0 Å². The number of nitrogens with zero attached hydrogens (tertiary/aromatic N) is 2. The zero-order chi connectivity index (χ0) is 10.4. The number of ether oxygens (including phenoxy) is 1. The molecule has 0 aliphatic carbocycles. The molecule has 14 heavy (non-hydrogen) atoms. The molecule has 0 radical (unpaired) electrons. The van der Waals surface area contributed by atoms with Crippen LogP contribution in [-0.2, 0) is 11.3 Å². The fraction of sp³-hybridized carbons (Fsp3) is 0.333. The number of rotatable bonds is 5. The molecule has 0 bridgehead atoms. The van der Waals surface area contributed by atoms with E-state index in [1.54, 1.807) is 19.3 Å². The van der Waals surface area contributed by atoms with E-state index in [1.165, 1.54) is 0 Å². The number of methoxy groups -OCH3 is 1. The van der Waals surface area contributed by atoms with Crippen LogP contribution in [0.25, 0.3) is 0 Å². The molecule has 0 fully saturated rings. The molecule has 0 aliphatic rings. The molecule has 4 nitrogen and oxygen atoms in total. The summed E-state index contributed by atoms with van der Waals surface area (Å²) in [6, 6.07) is 1.66. The lowest BCUT2D eigenvalue weighted by atomic mass is 10.5. The van der Waals surface area contributed by atoms with Crippen molar-refractivity contribution in [3.05, 3.63) is 29.7 Å². The molecule has 1 aromatic heterocycles. The minimum absolute atomic E-state index is 0.351. The molecule has 0 unspecified atom stereocenters. The quantitative estimate of drug-likeness (QED) is 0.599. The van der Waals surface area contributed by atoms with Gasteiger partial charge in [-0.1, -0.05) is 17.7 Å². The monoisotopic (exact) mass is 213 g/mol. The molecule has 0 saturated heterocycles. The molecule has 1 N–H and O–H groups in total. The summed E-state index contributed by atoms with van der Waals surface area (Å²) in [4.78, 5) is 8.18. The number of hydrogen-bond donors (Lipinski definition) is 1. The Bertz CT molecular complexity index is 317. The first-order valence-corrected chi connectivity index (χ1v) is 4.51. The smallest absolute Gasteiger partial charge is 0.158 e. The summed E-state index contributed by atoms with van der Waals surface area (Å²) >= 11 is 5.79. The van der Waals surface area contributed by atoms with Gasteiger partial charge in [-0.25, -0.2) is 9.97 Å². The van der Waals surface area contributed by atoms with Crippen LogP contribution in [-0.4, -0.2) is 23.6 Å². The normalized spacial score (nSPS) is 9.86. The van der Waals surface area contributed by atoms with Crippen molar-refractivity contribution in [1.82, 2.24) is 9.97 Å². The molecule has 76 valence electrons. The second-order valence-corrected chi connectivity index (χ2v) is 2.98. The van der Waals surface area contributed by atoms with Gasteiger partial charge in [0, 0.05) is 19.7 Å². The third-order valence-corrected chi connectivity index (χ3v) is 1.64. The van der Waals surface area contributed by atoms with Gasteiger partial charge < -0.3 is 10.1 Å². The zero-order valence-electron chi connectivity index (χ0n) is 7.96. The van der Waals surface area contributed by atoms with Crippen LogP contribution in [0.5, 0.6) is 0 Å². The van der Waals surface area contributed by atoms with Crippen LogP contribution in [0.4, 0.5) is 5.82 Å². The molecule has 0 atom stereocenters. The minimum atomic E-state index is 0.351. The molecular weight excluding hydrogens is 202 g/mol. The van der Waals surface area contributed by atoms with Crippen molar-refractivity contribution < 1.29 is 4.74 Å². The predicted octanol–water partition coefficient (Wildman–Crippen LogP) is 1.87. The second kappa shape index (κ2) is 5.57. The van der Waals surface area contributed by atoms with E-state index in [2.05, 4.69) is 21.9 Å². The number of hydrogen-bond acceptors (Lipinski definition) is 4. The Hall–Kier alpha value is -1.13. The molecule has 0 amide bonds. The van der Waals surface area contributed by atoms with Crippen LogP contribution in [0.2, 0.25) is 5.15 Å². The van der Waals surface area contributed by atoms with Gasteiger partial charge in [-0.3, -0.25) is 0 Å². The Kier molecular flexibility index (Phi) is 4.35. The van der Waals surface area contributed by atoms with Gasteiger partial charge in [0.1, 0.15) is 17.6 Å². The summed E-state index contributed by atoms with van der Waals surface area (Å²) in [5, 5.41) is 3.43. The van der Waals surface area contributed by atoms with Crippen molar-refractivity contribution in [2.24, 2.45) is 0 Å². The highest BCUT2D eigenvalue weighted by Gasteiger charge is 2.01. The summed E-state index contributed by atoms with van der Waals surface area (Å²) in [5.41, 5.74) is 0. The summed E-state index contributed by atoms with van der Waals surface area (Å²) in [7, 11) is 1.58. The third-order valence-electron chi connectivity index (χ3n) is 1.44. The number of anilines is 1. The lowest BCUT2D eigenvalue weighted by Gasteiger charge is -2.05. The molecule has 0 spiro atoms. The first-order valence-electron chi connectivity index (χ1n) is 4.13. The minimum Gasteiger partial charge on any atom is -0.377 e. The lowest BCUT2D eigenvalue weighted by molar-refractivity contribution is 0.178. The Balaban J connectivity index is 2.77. The fourth-order valence-corrected chi connectivity index (χ4v) is 1.13. The van der Waals surface area contributed by atoms with Gasteiger partial charge in [-0.15, -0.1) is 6.58 Å². The Morgan fingerprint density at radius 1 is 1.64 bits per heavy atom. The average molecular weight is 214 g/mol. The van der Waals surface area contributed by atoms with Gasteiger partial charge in [0.25, 0.3) is 0 Å². The highest BCUT2D eigenvalue weighted by Crippen LogP contribution is 2.11. The van der Waals surface area contributed by atoms with Crippen molar-refractivity contribution in [3.8, 4) is 0 Å². The van der Waals surface area contributed by atoms with Crippen molar-refractivity contribution in [2.75, 3.05) is 19.0 Å². The van der Waals surface area contributed by atoms with Crippen molar-refractivity contribution >= 4 is 17.4 Å². The van der Waals surface area contributed by atoms with Crippen LogP contribution < -0.4 is 5.32 Å².